The number of nitrogens with two attached hydrogens (primary N) is 1. The van der Waals surface area contributed by atoms with Crippen LogP contribution in [0.3, 0.4) is 0 Å². The number of primary amides is 1. The first kappa shape index (κ1) is 11.4. The minimum absolute atomic E-state index is 0.0353. The first-order valence-corrected chi connectivity index (χ1v) is 4.64. The standard InChI is InChI=1S/C10H14N2O3/c1-10(2)3-7(13)6(8(14)4-10)5-12-9(11)15/h5H,3-4H2,1-2H3,(H3,11,12,15). The van der Waals surface area contributed by atoms with Gasteiger partial charge < -0.3 is 11.1 Å². The van der Waals surface area contributed by atoms with Crippen molar-refractivity contribution in [1.29, 1.82) is 0 Å². The maximum absolute atomic E-state index is 11.6. The van der Waals surface area contributed by atoms with E-state index in [1.807, 2.05) is 13.8 Å². The molecule has 0 aromatic carbocycles. The molecule has 5 nitrogen and oxygen atoms in total. The number of nitrogens with one attached hydrogen (secondary N) is 1. The van der Waals surface area contributed by atoms with Crippen molar-refractivity contribution in [3.05, 3.63) is 11.8 Å². The second-order valence-corrected chi connectivity index (χ2v) is 4.43. The number of hydrogen-bond acceptors (Lipinski definition) is 3. The van der Waals surface area contributed by atoms with Crippen molar-refractivity contribution in [2.45, 2.75) is 26.7 Å². The van der Waals surface area contributed by atoms with Crippen molar-refractivity contribution in [3.8, 4) is 0 Å². The highest BCUT2D eigenvalue weighted by atomic mass is 16.2. The number of hydrogen-bond donors (Lipinski definition) is 2. The van der Waals surface area contributed by atoms with Gasteiger partial charge in [-0.15, -0.1) is 0 Å². The molecule has 82 valence electrons. The van der Waals surface area contributed by atoms with Crippen LogP contribution in [0.15, 0.2) is 11.8 Å². The quantitative estimate of drug-likeness (QED) is 0.487. The average molecular weight is 210 g/mol. The van der Waals surface area contributed by atoms with Gasteiger partial charge >= 0.3 is 6.03 Å². The minimum atomic E-state index is -0.784. The highest BCUT2D eigenvalue weighted by molar-refractivity contribution is 6.22. The molecule has 5 heteroatoms. The molecule has 0 aromatic heterocycles. The molecule has 0 aromatic rings. The van der Waals surface area contributed by atoms with Crippen LogP contribution in [-0.2, 0) is 9.59 Å². The van der Waals surface area contributed by atoms with Gasteiger partial charge in [-0.2, -0.15) is 0 Å². The van der Waals surface area contributed by atoms with E-state index in [9.17, 15) is 14.4 Å². The Morgan fingerprint density at radius 1 is 1.33 bits per heavy atom. The van der Waals surface area contributed by atoms with E-state index in [2.05, 4.69) is 5.32 Å². The molecule has 0 unspecified atom stereocenters. The van der Waals surface area contributed by atoms with Crippen molar-refractivity contribution in [3.63, 3.8) is 0 Å². The van der Waals surface area contributed by atoms with Crippen LogP contribution < -0.4 is 11.1 Å². The van der Waals surface area contributed by atoms with Crippen LogP contribution in [0.5, 0.6) is 0 Å². The lowest BCUT2D eigenvalue weighted by Gasteiger charge is -2.28. The molecule has 15 heavy (non-hydrogen) atoms. The van der Waals surface area contributed by atoms with Crippen LogP contribution in [0.1, 0.15) is 26.7 Å². The summed E-state index contributed by atoms with van der Waals surface area (Å²) in [4.78, 5) is 33.5. The molecule has 0 spiro atoms. The molecule has 0 radical (unpaired) electrons. The van der Waals surface area contributed by atoms with E-state index in [4.69, 9.17) is 5.73 Å². The van der Waals surface area contributed by atoms with Gasteiger partial charge in [0.2, 0.25) is 0 Å². The van der Waals surface area contributed by atoms with E-state index in [1.54, 1.807) is 0 Å². The molecule has 1 fully saturated rings. The van der Waals surface area contributed by atoms with Crippen LogP contribution in [0.25, 0.3) is 0 Å². The molecule has 0 heterocycles. The zero-order valence-corrected chi connectivity index (χ0v) is 8.79. The fourth-order valence-corrected chi connectivity index (χ4v) is 1.58. The topological polar surface area (TPSA) is 89.3 Å². The first-order valence-electron chi connectivity index (χ1n) is 4.64. The largest absolute Gasteiger partial charge is 0.351 e. The third-order valence-electron chi connectivity index (χ3n) is 2.24. The summed E-state index contributed by atoms with van der Waals surface area (Å²) in [6, 6.07) is -0.784. The van der Waals surface area contributed by atoms with Gasteiger partial charge in [-0.3, -0.25) is 9.59 Å². The highest BCUT2D eigenvalue weighted by Crippen LogP contribution is 2.33. The van der Waals surface area contributed by atoms with Crippen LogP contribution >= 0.6 is 0 Å². The average Bonchev–Trinajstić information content (AvgIpc) is 1.98. The number of Topliss-reactive ketones (excluding diaryl/α,β-unsaturated/α-hetero) is 2. The first-order chi connectivity index (χ1) is 6.82. The summed E-state index contributed by atoms with van der Waals surface area (Å²) in [5, 5.41) is 2.14. The van der Waals surface area contributed by atoms with Gasteiger partial charge in [0.05, 0.1) is 5.57 Å². The zero-order chi connectivity index (χ0) is 11.6. The van der Waals surface area contributed by atoms with Gasteiger partial charge in [-0.1, -0.05) is 13.8 Å². The zero-order valence-electron chi connectivity index (χ0n) is 8.79. The predicted octanol–water partition coefficient (Wildman–Crippen LogP) is 0.497. The number of urea groups is 1. The second-order valence-electron chi connectivity index (χ2n) is 4.43. The van der Waals surface area contributed by atoms with Gasteiger partial charge in [0, 0.05) is 19.0 Å². The highest BCUT2D eigenvalue weighted by Gasteiger charge is 2.35. The molecule has 1 aliphatic rings. The number of rotatable bonds is 1. The van der Waals surface area contributed by atoms with Crippen LogP contribution in [0.4, 0.5) is 4.79 Å². The summed E-state index contributed by atoms with van der Waals surface area (Å²) >= 11 is 0. The summed E-state index contributed by atoms with van der Waals surface area (Å²) < 4.78 is 0. The minimum Gasteiger partial charge on any atom is -0.351 e. The molecular weight excluding hydrogens is 196 g/mol. The van der Waals surface area contributed by atoms with Gasteiger partial charge in [-0.05, 0) is 5.41 Å². The van der Waals surface area contributed by atoms with Crippen molar-refractivity contribution >= 4 is 17.6 Å². The fourth-order valence-electron chi connectivity index (χ4n) is 1.58. The molecule has 0 saturated heterocycles. The fraction of sp³-hybridized carbons (Fsp3) is 0.500. The van der Waals surface area contributed by atoms with Gasteiger partial charge in [0.1, 0.15) is 0 Å². The van der Waals surface area contributed by atoms with Crippen LogP contribution in [0, 0.1) is 5.41 Å². The molecule has 1 rings (SSSR count). The third kappa shape index (κ3) is 2.90. The Labute approximate surface area is 87.7 Å². The summed E-state index contributed by atoms with van der Waals surface area (Å²) in [7, 11) is 0. The van der Waals surface area contributed by atoms with Gasteiger partial charge in [0.25, 0.3) is 0 Å². The Hall–Kier alpha value is -1.65. The van der Waals surface area contributed by atoms with Crippen molar-refractivity contribution in [2.75, 3.05) is 0 Å². The maximum atomic E-state index is 11.6. The molecule has 1 aliphatic carbocycles. The normalized spacial score (nSPS) is 20.0. The van der Waals surface area contributed by atoms with E-state index in [0.29, 0.717) is 12.8 Å². The number of amides is 2. The smallest absolute Gasteiger partial charge is 0.316 e. The summed E-state index contributed by atoms with van der Waals surface area (Å²) in [6.07, 6.45) is 1.72. The van der Waals surface area contributed by atoms with E-state index < -0.39 is 6.03 Å². The summed E-state index contributed by atoms with van der Waals surface area (Å²) in [5.74, 6) is -0.491. The number of ketones is 2. The lowest BCUT2D eigenvalue weighted by Crippen LogP contribution is -2.33. The van der Waals surface area contributed by atoms with E-state index in [-0.39, 0.29) is 22.6 Å². The van der Waals surface area contributed by atoms with Gasteiger partial charge in [-0.25, -0.2) is 4.79 Å². The van der Waals surface area contributed by atoms with E-state index in [0.717, 1.165) is 6.20 Å². The molecule has 2 amide bonds. The lowest BCUT2D eigenvalue weighted by molar-refractivity contribution is -0.127. The second kappa shape index (κ2) is 3.84. The molecule has 3 N–H and O–H groups in total. The predicted molar refractivity (Wildman–Crippen MR) is 53.8 cm³/mol. The SMILES string of the molecule is CC1(C)CC(=O)C(=CNC(N)=O)C(=O)C1. The Morgan fingerprint density at radius 3 is 2.20 bits per heavy atom. The van der Waals surface area contributed by atoms with Crippen molar-refractivity contribution < 1.29 is 14.4 Å². The number of carbonyl (C=O) groups excluding carboxylic acids is 3. The van der Waals surface area contributed by atoms with E-state index in [1.165, 1.54) is 0 Å². The molecular formula is C10H14N2O3. The van der Waals surface area contributed by atoms with E-state index >= 15 is 0 Å². The van der Waals surface area contributed by atoms with Gasteiger partial charge in [0.15, 0.2) is 11.6 Å². The van der Waals surface area contributed by atoms with Crippen molar-refractivity contribution in [2.24, 2.45) is 11.1 Å². The van der Waals surface area contributed by atoms with Crippen molar-refractivity contribution in [1.82, 2.24) is 5.32 Å². The Morgan fingerprint density at radius 2 is 1.80 bits per heavy atom. The number of carbonyl (C=O) groups is 3. The Kier molecular flexibility index (Phi) is 2.93. The Bertz CT molecular complexity index is 334. The maximum Gasteiger partial charge on any atom is 0.316 e. The van der Waals surface area contributed by atoms with Crippen LogP contribution in [-0.4, -0.2) is 17.6 Å². The summed E-state index contributed by atoms with van der Waals surface area (Å²) in [6.45, 7) is 3.72. The summed E-state index contributed by atoms with van der Waals surface area (Å²) in [5.41, 5.74) is 4.58. The molecule has 0 bridgehead atoms. The van der Waals surface area contributed by atoms with Crippen LogP contribution in [0.2, 0.25) is 0 Å². The molecule has 1 saturated carbocycles. The molecule has 0 aliphatic heterocycles. The Balaban J connectivity index is 2.84. The molecule has 0 atom stereocenters. The number of allylic oxidation sites excluding steroid dienone is 1. The monoisotopic (exact) mass is 210 g/mol. The third-order valence-corrected chi connectivity index (χ3v) is 2.24. The lowest BCUT2D eigenvalue weighted by atomic mass is 9.74.